The van der Waals surface area contributed by atoms with Crippen molar-refractivity contribution in [3.63, 3.8) is 0 Å². The van der Waals surface area contributed by atoms with E-state index in [1.807, 2.05) is 6.92 Å². The Labute approximate surface area is 217 Å². The van der Waals surface area contributed by atoms with Crippen LogP contribution in [0.3, 0.4) is 0 Å². The molecule has 0 spiro atoms. The summed E-state index contributed by atoms with van der Waals surface area (Å²) < 4.78 is 32.5. The molecule has 1 fully saturated rings. The summed E-state index contributed by atoms with van der Waals surface area (Å²) >= 11 is 0. The number of aromatic nitrogens is 2. The minimum Gasteiger partial charge on any atom is -0.380 e. The number of benzene rings is 1. The van der Waals surface area contributed by atoms with Crippen molar-refractivity contribution < 1.29 is 18.3 Å². The Morgan fingerprint density at radius 2 is 1.89 bits per heavy atom. The lowest BCUT2D eigenvalue weighted by atomic mass is 9.99. The molecule has 10 heteroatoms. The summed E-state index contributed by atoms with van der Waals surface area (Å²) in [6, 6.07) is 3.49. The quantitative estimate of drug-likeness (QED) is 0.268. The summed E-state index contributed by atoms with van der Waals surface area (Å²) in [5.74, 6) is -1.89. The molecule has 0 radical (unpaired) electrons. The van der Waals surface area contributed by atoms with E-state index in [2.05, 4.69) is 30.7 Å². The van der Waals surface area contributed by atoms with E-state index in [0.29, 0.717) is 31.6 Å². The second-order valence-electron chi connectivity index (χ2n) is 9.68. The highest BCUT2D eigenvalue weighted by atomic mass is 19.2. The zero-order valence-electron chi connectivity index (χ0n) is 21.6. The van der Waals surface area contributed by atoms with Gasteiger partial charge >= 0.3 is 0 Å². The molecule has 0 atom stereocenters. The average Bonchev–Trinajstić information content (AvgIpc) is 3.36. The van der Waals surface area contributed by atoms with Crippen LogP contribution in [0.5, 0.6) is 0 Å². The molecular formula is C27H38F2N6O2. The number of carbonyl (C=O) groups excluding carboxylic acids is 1. The summed E-state index contributed by atoms with van der Waals surface area (Å²) in [4.78, 5) is 19.8. The molecule has 2 aromatic rings. The molecule has 2 aliphatic rings. The fourth-order valence-electron chi connectivity index (χ4n) is 5.18. The van der Waals surface area contributed by atoms with E-state index < -0.39 is 17.5 Å². The van der Waals surface area contributed by atoms with Crippen LogP contribution in [0.15, 0.2) is 23.2 Å². The van der Waals surface area contributed by atoms with E-state index in [-0.39, 0.29) is 11.5 Å². The molecule has 0 saturated heterocycles. The SMILES string of the molecule is CCOCCN=C(NC(=O)c1ccc(F)c(F)c1)Nc1n[nH]c2c1N(C1CCCCCCCC1)CCC2. The van der Waals surface area contributed by atoms with E-state index >= 15 is 0 Å². The van der Waals surface area contributed by atoms with Crippen molar-refractivity contribution in [1.29, 1.82) is 0 Å². The van der Waals surface area contributed by atoms with Gasteiger partial charge in [0.05, 0.1) is 18.8 Å². The molecule has 0 unspecified atom stereocenters. The third kappa shape index (κ3) is 7.28. The summed E-state index contributed by atoms with van der Waals surface area (Å²) in [5, 5.41) is 13.6. The zero-order valence-corrected chi connectivity index (χ0v) is 21.6. The van der Waals surface area contributed by atoms with Crippen LogP contribution in [-0.4, -0.2) is 54.4 Å². The number of fused-ring (bicyclic) bond motifs is 1. The van der Waals surface area contributed by atoms with E-state index in [4.69, 9.17) is 4.74 Å². The van der Waals surface area contributed by atoms with Crippen molar-refractivity contribution in [2.45, 2.75) is 77.2 Å². The zero-order chi connectivity index (χ0) is 26.0. The van der Waals surface area contributed by atoms with Crippen molar-refractivity contribution >= 4 is 23.4 Å². The number of aromatic amines is 1. The number of aryl methyl sites for hydroxylation is 1. The van der Waals surface area contributed by atoms with Gasteiger partial charge in [0.25, 0.3) is 5.91 Å². The number of amides is 1. The van der Waals surface area contributed by atoms with Gasteiger partial charge in [-0.3, -0.25) is 20.2 Å². The van der Waals surface area contributed by atoms with Gasteiger partial charge in [-0.05, 0) is 50.8 Å². The van der Waals surface area contributed by atoms with Crippen LogP contribution >= 0.6 is 0 Å². The maximum Gasteiger partial charge on any atom is 0.258 e. The van der Waals surface area contributed by atoms with Gasteiger partial charge in [0.15, 0.2) is 17.5 Å². The summed E-state index contributed by atoms with van der Waals surface area (Å²) in [7, 11) is 0. The van der Waals surface area contributed by atoms with E-state index in [0.717, 1.165) is 55.7 Å². The first-order chi connectivity index (χ1) is 18.1. The number of guanidine groups is 1. The van der Waals surface area contributed by atoms with Crippen molar-refractivity contribution in [1.82, 2.24) is 15.5 Å². The molecular weight excluding hydrogens is 478 g/mol. The van der Waals surface area contributed by atoms with Gasteiger partial charge < -0.3 is 15.0 Å². The van der Waals surface area contributed by atoms with Crippen LogP contribution < -0.4 is 15.5 Å². The minimum absolute atomic E-state index is 0.00511. The summed E-state index contributed by atoms with van der Waals surface area (Å²) in [6.07, 6.45) is 11.9. The number of carbonyl (C=O) groups is 1. The highest BCUT2D eigenvalue weighted by Gasteiger charge is 2.29. The van der Waals surface area contributed by atoms with Crippen LogP contribution in [0, 0.1) is 11.6 Å². The van der Waals surface area contributed by atoms with Crippen LogP contribution in [0.4, 0.5) is 20.3 Å². The fraction of sp³-hybridized carbons (Fsp3) is 0.593. The Morgan fingerprint density at radius 3 is 2.62 bits per heavy atom. The molecule has 1 amide bonds. The van der Waals surface area contributed by atoms with Crippen LogP contribution in [0.1, 0.15) is 80.8 Å². The third-order valence-corrected chi connectivity index (χ3v) is 7.05. The number of anilines is 2. The molecule has 37 heavy (non-hydrogen) atoms. The average molecular weight is 517 g/mol. The second-order valence-corrected chi connectivity index (χ2v) is 9.68. The van der Waals surface area contributed by atoms with Crippen molar-refractivity contribution in [2.75, 3.05) is 36.5 Å². The molecule has 3 N–H and O–H groups in total. The third-order valence-electron chi connectivity index (χ3n) is 7.05. The van der Waals surface area contributed by atoms with Crippen molar-refractivity contribution in [2.24, 2.45) is 4.99 Å². The Kier molecular flexibility index (Phi) is 9.87. The Bertz CT molecular complexity index is 1060. The normalized spacial score (nSPS) is 17.5. The van der Waals surface area contributed by atoms with Gasteiger partial charge in [-0.25, -0.2) is 8.78 Å². The molecule has 1 aliphatic heterocycles. The van der Waals surface area contributed by atoms with Gasteiger partial charge in [-0.15, -0.1) is 0 Å². The molecule has 1 saturated carbocycles. The largest absolute Gasteiger partial charge is 0.380 e. The fourth-order valence-corrected chi connectivity index (χ4v) is 5.18. The Hall–Kier alpha value is -3.01. The number of H-pyrrole nitrogens is 1. The monoisotopic (exact) mass is 516 g/mol. The maximum absolute atomic E-state index is 13.7. The first-order valence-electron chi connectivity index (χ1n) is 13.6. The topological polar surface area (TPSA) is 94.6 Å². The molecule has 1 aromatic heterocycles. The van der Waals surface area contributed by atoms with Gasteiger partial charge in [0, 0.05) is 24.8 Å². The van der Waals surface area contributed by atoms with E-state index in [1.54, 1.807) is 0 Å². The highest BCUT2D eigenvalue weighted by molar-refractivity contribution is 6.10. The van der Waals surface area contributed by atoms with E-state index in [1.165, 1.54) is 44.6 Å². The van der Waals surface area contributed by atoms with Gasteiger partial charge in [0.2, 0.25) is 5.96 Å². The van der Waals surface area contributed by atoms with Crippen LogP contribution in [0.25, 0.3) is 0 Å². The number of nitrogens with zero attached hydrogens (tertiary/aromatic N) is 3. The standard InChI is InChI=1S/C27H38F2N6O2/c1-2-37-17-15-30-27(32-26(36)19-13-14-21(28)22(29)18-19)31-25-24-23(33-34-25)12-9-16-35(24)20-10-7-5-3-4-6-8-11-20/h13-14,18,20H,2-12,15-17H2,1H3,(H3,30,31,32,33,34,36). The molecule has 202 valence electrons. The lowest BCUT2D eigenvalue weighted by Gasteiger charge is -2.37. The predicted molar refractivity (Wildman–Crippen MR) is 141 cm³/mol. The summed E-state index contributed by atoms with van der Waals surface area (Å²) in [5.41, 5.74) is 2.11. The number of hydrogen-bond donors (Lipinski definition) is 3. The number of hydrogen-bond acceptors (Lipinski definition) is 5. The van der Waals surface area contributed by atoms with Gasteiger partial charge in [-0.2, -0.15) is 5.10 Å². The Morgan fingerprint density at radius 1 is 1.14 bits per heavy atom. The maximum atomic E-state index is 13.7. The first kappa shape index (κ1) is 27.0. The number of rotatable bonds is 7. The first-order valence-corrected chi connectivity index (χ1v) is 13.6. The molecule has 1 aliphatic carbocycles. The van der Waals surface area contributed by atoms with Crippen molar-refractivity contribution in [3.8, 4) is 0 Å². The molecule has 1 aromatic carbocycles. The van der Waals surface area contributed by atoms with Crippen LogP contribution in [0.2, 0.25) is 0 Å². The number of ether oxygens (including phenoxy) is 1. The molecule has 0 bridgehead atoms. The number of nitrogens with one attached hydrogen (secondary N) is 3. The highest BCUT2D eigenvalue weighted by Crippen LogP contribution is 2.36. The second kappa shape index (κ2) is 13.5. The Balaban J connectivity index is 1.55. The number of aliphatic imine (C=N–C) groups is 1. The van der Waals surface area contributed by atoms with E-state index in [9.17, 15) is 13.6 Å². The smallest absolute Gasteiger partial charge is 0.258 e. The van der Waals surface area contributed by atoms with Crippen LogP contribution in [-0.2, 0) is 11.2 Å². The summed E-state index contributed by atoms with van der Waals surface area (Å²) in [6.45, 7) is 4.12. The predicted octanol–water partition coefficient (Wildman–Crippen LogP) is 5.18. The lowest BCUT2D eigenvalue weighted by Crippen LogP contribution is -2.40. The van der Waals surface area contributed by atoms with Gasteiger partial charge in [0.1, 0.15) is 5.69 Å². The minimum atomic E-state index is -1.08. The lowest BCUT2D eigenvalue weighted by molar-refractivity contribution is 0.0976. The molecule has 2 heterocycles. The van der Waals surface area contributed by atoms with Crippen molar-refractivity contribution in [3.05, 3.63) is 41.1 Å². The van der Waals surface area contributed by atoms with Gasteiger partial charge in [-0.1, -0.05) is 38.5 Å². The molecule has 8 nitrogen and oxygen atoms in total. The number of halogens is 2. The molecule has 4 rings (SSSR count).